The molecule has 0 saturated carbocycles. The van der Waals surface area contributed by atoms with Crippen molar-refractivity contribution in [2.24, 2.45) is 0 Å². The minimum atomic E-state index is -1.97. The Labute approximate surface area is 173 Å². The quantitative estimate of drug-likeness (QED) is 0.602. The Hall–Kier alpha value is -2.42. The van der Waals surface area contributed by atoms with Crippen molar-refractivity contribution in [1.29, 1.82) is 0 Å². The first-order chi connectivity index (χ1) is 13.9. The maximum absolute atomic E-state index is 12.5. The molecular formula is C20H32N4O5. The molecule has 162 valence electrons. The Kier molecular flexibility index (Phi) is 7.24. The van der Waals surface area contributed by atoms with Crippen molar-refractivity contribution in [3.05, 3.63) is 12.3 Å². The summed E-state index contributed by atoms with van der Waals surface area (Å²) in [6, 6.07) is -2.59. The number of hydrogen-bond donors (Lipinski definition) is 2. The van der Waals surface area contributed by atoms with Crippen molar-refractivity contribution in [2.75, 3.05) is 6.54 Å². The number of amides is 3. The van der Waals surface area contributed by atoms with Crippen LogP contribution in [0.4, 0.5) is 0 Å². The van der Waals surface area contributed by atoms with Crippen LogP contribution in [-0.2, 0) is 24.0 Å². The van der Waals surface area contributed by atoms with E-state index in [9.17, 15) is 19.2 Å². The second kappa shape index (κ2) is 9.87. The van der Waals surface area contributed by atoms with Gasteiger partial charge < -0.3 is 15.5 Å². The highest BCUT2D eigenvalue weighted by Crippen LogP contribution is 2.22. The van der Waals surface area contributed by atoms with Crippen molar-refractivity contribution >= 4 is 23.7 Å². The lowest BCUT2D eigenvalue weighted by Gasteiger charge is -2.38. The molecule has 0 bridgehead atoms. The van der Waals surface area contributed by atoms with E-state index in [2.05, 4.69) is 36.0 Å². The summed E-state index contributed by atoms with van der Waals surface area (Å²) in [4.78, 5) is 55.8. The fourth-order valence-corrected chi connectivity index (χ4v) is 3.54. The first-order valence-corrected chi connectivity index (χ1v) is 10.0. The van der Waals surface area contributed by atoms with E-state index in [1.807, 2.05) is 0 Å². The van der Waals surface area contributed by atoms with Gasteiger partial charge in [0.25, 0.3) is 5.91 Å². The predicted octanol–water partition coefficient (Wildman–Crippen LogP) is 0.853. The number of allylic oxidation sites excluding steroid dienone is 1. The zero-order valence-electron chi connectivity index (χ0n) is 18.6. The fraction of sp³-hybridized carbons (Fsp3) is 0.700. The van der Waals surface area contributed by atoms with Crippen LogP contribution in [-0.4, -0.2) is 64.3 Å². The van der Waals surface area contributed by atoms with Gasteiger partial charge in [0.2, 0.25) is 11.8 Å². The van der Waals surface area contributed by atoms with Gasteiger partial charge in [0.1, 0.15) is 12.1 Å². The van der Waals surface area contributed by atoms with Crippen LogP contribution in [0.25, 0.3) is 0 Å². The molecule has 0 aromatic carbocycles. The third kappa shape index (κ3) is 6.03. The molecule has 0 aromatic rings. The third-order valence-corrected chi connectivity index (χ3v) is 5.39. The van der Waals surface area contributed by atoms with Gasteiger partial charge in [0.05, 0.1) is 13.6 Å². The van der Waals surface area contributed by atoms with Gasteiger partial charge >= 0.3 is 5.97 Å². The molecule has 0 aliphatic carbocycles. The number of rotatable bonds is 7. The minimum absolute atomic E-state index is 0.0981. The molecule has 2 heterocycles. The highest BCUT2D eigenvalue weighted by atomic mass is 16.7. The van der Waals surface area contributed by atoms with Crippen LogP contribution in [0.5, 0.6) is 0 Å². The van der Waals surface area contributed by atoms with Crippen molar-refractivity contribution in [1.82, 2.24) is 20.6 Å². The molecule has 9 nitrogen and oxygen atoms in total. The van der Waals surface area contributed by atoms with E-state index >= 15 is 0 Å². The number of piperidine rings is 1. The lowest BCUT2D eigenvalue weighted by atomic mass is 10.0. The Bertz CT molecular complexity index is 700. The normalized spacial score (nSPS) is 26.3. The van der Waals surface area contributed by atoms with Gasteiger partial charge in [0.15, 0.2) is 0 Å². The molecule has 0 radical (unpaired) electrons. The number of likely N-dealkylation sites (tertiary alicyclic amines) is 1. The fourth-order valence-electron chi connectivity index (χ4n) is 3.54. The minimum Gasteiger partial charge on any atom is -0.343 e. The summed E-state index contributed by atoms with van der Waals surface area (Å²) < 4.78 is 8.21. The first-order valence-electron chi connectivity index (χ1n) is 10.5. The molecule has 2 fully saturated rings. The van der Waals surface area contributed by atoms with E-state index in [-0.39, 0.29) is 31.0 Å². The van der Waals surface area contributed by atoms with E-state index in [4.69, 9.17) is 6.21 Å². The van der Waals surface area contributed by atoms with E-state index in [0.29, 0.717) is 12.1 Å². The van der Waals surface area contributed by atoms with E-state index in [1.165, 1.54) is 13.8 Å². The van der Waals surface area contributed by atoms with Crippen LogP contribution in [0.2, 0.25) is 0 Å². The molecule has 2 aliphatic heterocycles. The Morgan fingerprint density at radius 2 is 1.83 bits per heavy atom. The molecule has 2 rings (SSSR count). The molecule has 2 saturated heterocycles. The van der Waals surface area contributed by atoms with Gasteiger partial charge in [-0.25, -0.2) is 4.79 Å². The summed E-state index contributed by atoms with van der Waals surface area (Å²) in [5.74, 6) is -2.53. The van der Waals surface area contributed by atoms with Gasteiger partial charge in [-0.2, -0.15) is 0 Å². The number of hydroxylamine groups is 2. The Morgan fingerprint density at radius 1 is 1.21 bits per heavy atom. The van der Waals surface area contributed by atoms with Gasteiger partial charge in [-0.05, 0) is 47.0 Å². The number of carbonyl (C=O) groups is 4. The molecule has 4 atom stereocenters. The topological polar surface area (TPSA) is 108 Å². The maximum Gasteiger partial charge on any atom is 0.354 e. The second-order valence-electron chi connectivity index (χ2n) is 7.83. The summed E-state index contributed by atoms with van der Waals surface area (Å²) in [6.07, 6.45) is 3.73. The van der Waals surface area contributed by atoms with Crippen molar-refractivity contribution < 1.29 is 25.4 Å². The van der Waals surface area contributed by atoms with Crippen molar-refractivity contribution in [3.63, 3.8) is 0 Å². The average molecular weight is 411 g/mol. The van der Waals surface area contributed by atoms with E-state index in [0.717, 1.165) is 24.3 Å². The summed E-state index contributed by atoms with van der Waals surface area (Å²) in [6.45, 7) is 10.5. The third-order valence-electron chi connectivity index (χ3n) is 5.39. The van der Waals surface area contributed by atoms with E-state index in [1.54, 1.807) is 0 Å². The zero-order chi connectivity index (χ0) is 22.6. The number of carbonyl (C=O) groups excluding carboxylic acids is 4. The highest BCUT2D eigenvalue weighted by Gasteiger charge is 2.31. The molecule has 9 heteroatoms. The molecule has 0 aromatic heterocycles. The number of nitrogens with one attached hydrogen (secondary N) is 2. The van der Waals surface area contributed by atoms with Gasteiger partial charge in [0, 0.05) is 18.5 Å². The van der Waals surface area contributed by atoms with Crippen LogP contribution in [0.15, 0.2) is 12.3 Å². The molecule has 29 heavy (non-hydrogen) atoms. The van der Waals surface area contributed by atoms with Crippen LogP contribution in [0, 0.1) is 0 Å². The SMILES string of the molecule is [2H]C(C)(NC(=O)C[15N]1C(C)CCCC1C)C(=O)[15NH]C(C)C(=O)ON1C(=C)CCC1=O. The summed E-state index contributed by atoms with van der Waals surface area (Å²) >= 11 is 0. The zero-order valence-corrected chi connectivity index (χ0v) is 17.6. The lowest BCUT2D eigenvalue weighted by Crippen LogP contribution is -2.54. The molecule has 2 aliphatic rings. The van der Waals surface area contributed by atoms with Crippen LogP contribution in [0.3, 0.4) is 0 Å². The standard InChI is InChI=1S/C20H32N4O5/c1-12-7-6-8-13(2)23(12)11-17(25)21-15(4)19(27)22-16(5)20(28)29-24-14(3)9-10-18(24)26/h12-13,15-16H,3,6-11H2,1-2,4-5H3,(H,21,25)(H,22,27)/i15D,22+1,23+1. The Balaban J connectivity index is 1.87. The molecule has 0 spiro atoms. The smallest absolute Gasteiger partial charge is 0.343 e. The monoisotopic (exact) mass is 411 g/mol. The molecule has 3 amide bonds. The average Bonchev–Trinajstić information content (AvgIpc) is 2.96. The first kappa shape index (κ1) is 21.3. The molecule has 2 N–H and O–H groups in total. The molecule has 4 unspecified atom stereocenters. The van der Waals surface area contributed by atoms with Gasteiger partial charge in [-0.15, -0.1) is 5.06 Å². The lowest BCUT2D eigenvalue weighted by molar-refractivity contribution is -0.188. The van der Waals surface area contributed by atoms with Gasteiger partial charge in [-0.3, -0.25) is 19.3 Å². The van der Waals surface area contributed by atoms with E-state index < -0.39 is 29.8 Å². The maximum atomic E-state index is 12.5. The van der Waals surface area contributed by atoms with Crippen molar-refractivity contribution in [2.45, 2.75) is 83.9 Å². The summed E-state index contributed by atoms with van der Waals surface area (Å²) in [5, 5.41) is 5.60. The van der Waals surface area contributed by atoms with Crippen LogP contribution >= 0.6 is 0 Å². The summed E-state index contributed by atoms with van der Waals surface area (Å²) in [7, 11) is 0. The van der Waals surface area contributed by atoms with Gasteiger partial charge in [-0.1, -0.05) is 13.0 Å². The highest BCUT2D eigenvalue weighted by molar-refractivity contribution is 5.91. The summed E-state index contributed by atoms with van der Waals surface area (Å²) in [5.41, 5.74) is 0.366. The Morgan fingerprint density at radius 3 is 2.38 bits per heavy atom. The molecular weight excluding hydrogens is 378 g/mol. The van der Waals surface area contributed by atoms with Crippen LogP contribution in [0.1, 0.15) is 61.2 Å². The predicted molar refractivity (Wildman–Crippen MR) is 106 cm³/mol. The van der Waals surface area contributed by atoms with Crippen molar-refractivity contribution in [3.8, 4) is 0 Å². The van der Waals surface area contributed by atoms with Crippen LogP contribution < -0.4 is 10.6 Å². The second-order valence-corrected chi connectivity index (χ2v) is 7.83. The largest absolute Gasteiger partial charge is 0.354 e. The number of hydrogen-bond acceptors (Lipinski definition) is 6. The number of nitrogens with zero attached hydrogens (tertiary/aromatic N) is 2.